The molecule has 5 amide bonds. The number of nitrogens with one attached hydrogen (secondary N) is 2. The van der Waals surface area contributed by atoms with Crippen LogP contribution in [-0.2, 0) is 19.1 Å². The molecule has 0 radical (unpaired) electrons. The summed E-state index contributed by atoms with van der Waals surface area (Å²) in [4.78, 5) is 69.5. The molecule has 55 heavy (non-hydrogen) atoms. The first-order chi connectivity index (χ1) is 26.6. The van der Waals surface area contributed by atoms with Gasteiger partial charge in [0.15, 0.2) is 0 Å². The maximum absolute atomic E-state index is 14.0. The van der Waals surface area contributed by atoms with Crippen molar-refractivity contribution in [3.63, 3.8) is 0 Å². The number of imide groups is 2. The number of benzene rings is 3. The zero-order valence-electron chi connectivity index (χ0n) is 30.0. The average molecular weight is 767 g/mol. The second kappa shape index (κ2) is 16.4. The molecule has 1 aromatic heterocycles. The van der Waals surface area contributed by atoms with E-state index in [1.165, 1.54) is 18.2 Å². The van der Waals surface area contributed by atoms with Crippen LogP contribution in [-0.4, -0.2) is 76.8 Å². The molecule has 12 nitrogen and oxygen atoms in total. The van der Waals surface area contributed by atoms with E-state index in [-0.39, 0.29) is 85.6 Å². The first-order valence-electron chi connectivity index (χ1n) is 18.2. The molecule has 2 N–H and O–H groups in total. The quantitative estimate of drug-likeness (QED) is 0.0974. The van der Waals surface area contributed by atoms with Crippen molar-refractivity contribution in [1.82, 2.24) is 15.2 Å². The van der Waals surface area contributed by atoms with Gasteiger partial charge in [0, 0.05) is 40.4 Å². The highest BCUT2D eigenvalue weighted by atomic mass is 32.1. The number of anilines is 1. The van der Waals surface area contributed by atoms with Crippen LogP contribution in [0.15, 0.2) is 72.9 Å². The number of ether oxygens (including phenoxy) is 3. The lowest BCUT2D eigenvalue weighted by atomic mass is 9.73. The predicted molar refractivity (Wildman–Crippen MR) is 204 cm³/mol. The van der Waals surface area contributed by atoms with E-state index in [1.54, 1.807) is 48.7 Å². The molecule has 4 atom stereocenters. The van der Waals surface area contributed by atoms with E-state index in [2.05, 4.69) is 15.6 Å². The van der Waals surface area contributed by atoms with Gasteiger partial charge in [0.25, 0.3) is 11.8 Å². The highest BCUT2D eigenvalue weighted by molar-refractivity contribution is 7.80. The third-order valence-corrected chi connectivity index (χ3v) is 10.9. The minimum atomic E-state index is -1.06. The number of aromatic nitrogens is 1. The molecule has 0 spiro atoms. The predicted octanol–water partition coefficient (Wildman–Crippen LogP) is 5.78. The van der Waals surface area contributed by atoms with Crippen LogP contribution in [0.25, 0.3) is 10.9 Å². The molecule has 4 aromatic rings. The Kier molecular flexibility index (Phi) is 11.3. The summed E-state index contributed by atoms with van der Waals surface area (Å²) >= 11 is 5.85. The molecule has 1 unspecified atom stereocenters. The Hall–Kier alpha value is -5.60. The number of hydrogen-bond acceptors (Lipinski definition) is 10. The number of halogens is 1. The molecule has 1 saturated carbocycles. The lowest BCUT2D eigenvalue weighted by molar-refractivity contribution is -0.136. The Bertz CT molecular complexity index is 2180. The number of rotatable bonds is 13. The van der Waals surface area contributed by atoms with Crippen molar-refractivity contribution >= 4 is 63.2 Å². The summed E-state index contributed by atoms with van der Waals surface area (Å²) in [6.45, 7) is 2.71. The van der Waals surface area contributed by atoms with Crippen molar-refractivity contribution in [2.24, 2.45) is 11.8 Å². The molecule has 284 valence electrons. The van der Waals surface area contributed by atoms with Gasteiger partial charge in [-0.15, -0.1) is 0 Å². The van der Waals surface area contributed by atoms with Gasteiger partial charge in [0.05, 0.1) is 29.9 Å². The zero-order valence-corrected chi connectivity index (χ0v) is 30.9. The summed E-state index contributed by atoms with van der Waals surface area (Å²) in [7, 11) is 0. The van der Waals surface area contributed by atoms with E-state index >= 15 is 0 Å². The van der Waals surface area contributed by atoms with Crippen molar-refractivity contribution < 1.29 is 42.6 Å². The van der Waals surface area contributed by atoms with Crippen molar-refractivity contribution in [3.05, 3.63) is 95.4 Å². The molecule has 2 aliphatic heterocycles. The number of hydrogen-bond donors (Lipinski definition) is 2. The van der Waals surface area contributed by atoms with Gasteiger partial charge >= 0.3 is 0 Å². The standard InChI is InChI=1S/C41H39FN4O8S/c1-23(24-5-11-29(35(55)21-24)28-15-16-43-32-12-6-25(42)22-31(28)32)38(48)44-26-7-9-27(10-8-26)53-19-17-52-18-20-54-34-4-2-3-30-37(34)41(51)46(40(30)50)33-13-14-36(47)45-39(33)49/h2-4,6-10,12,15-16,22-24,29,33H,5,11,13-14,17-21H2,1H3,(H,44,48)(H,45,47,49)/t23-,24-,29-,33?/m1/s1. The van der Waals surface area contributed by atoms with Crippen LogP contribution < -0.4 is 20.1 Å². The number of amides is 5. The molecular weight excluding hydrogens is 728 g/mol. The summed E-state index contributed by atoms with van der Waals surface area (Å²) in [5.74, 6) is -2.11. The molecule has 3 heterocycles. The first-order valence-corrected chi connectivity index (χ1v) is 18.7. The Morgan fingerprint density at radius 1 is 0.964 bits per heavy atom. The SMILES string of the molecule is C[C@@H](C(=O)Nc1ccc(OCCOCCOc2cccc3c2C(=O)N(C2CCC(=O)NC2=O)C3=O)cc1)[C@@H]1CC[C@H](c2ccnc3ccc(F)cc23)C(=S)C1. The van der Waals surface area contributed by atoms with E-state index in [1.807, 2.05) is 13.0 Å². The van der Waals surface area contributed by atoms with Gasteiger partial charge < -0.3 is 19.5 Å². The molecule has 14 heteroatoms. The molecule has 2 fully saturated rings. The second-order valence-electron chi connectivity index (χ2n) is 13.9. The molecule has 3 aliphatic rings. The Morgan fingerprint density at radius 3 is 2.51 bits per heavy atom. The number of nitrogens with zero attached hydrogens (tertiary/aromatic N) is 2. The normalized spacial score (nSPS) is 20.3. The van der Waals surface area contributed by atoms with E-state index < -0.39 is 29.7 Å². The Morgan fingerprint density at radius 2 is 1.75 bits per heavy atom. The third kappa shape index (κ3) is 8.10. The fraction of sp³-hybridized carbons (Fsp3) is 0.341. The minimum Gasteiger partial charge on any atom is -0.491 e. The summed E-state index contributed by atoms with van der Waals surface area (Å²) < 4.78 is 31.2. The van der Waals surface area contributed by atoms with Gasteiger partial charge in [-0.1, -0.05) is 25.2 Å². The van der Waals surface area contributed by atoms with Crippen molar-refractivity contribution in [3.8, 4) is 11.5 Å². The highest BCUT2D eigenvalue weighted by Crippen LogP contribution is 2.40. The van der Waals surface area contributed by atoms with Gasteiger partial charge in [0.1, 0.15) is 36.6 Å². The monoisotopic (exact) mass is 766 g/mol. The van der Waals surface area contributed by atoms with Gasteiger partial charge in [-0.05, 0) is 97.8 Å². The fourth-order valence-electron chi connectivity index (χ4n) is 7.48. The number of piperidine rings is 1. The number of carbonyl (C=O) groups is 5. The molecular formula is C41H39FN4O8S. The second-order valence-corrected chi connectivity index (χ2v) is 14.4. The topological polar surface area (TPSA) is 153 Å². The van der Waals surface area contributed by atoms with Gasteiger partial charge in [-0.25, -0.2) is 4.39 Å². The molecule has 0 bridgehead atoms. The van der Waals surface area contributed by atoms with Crippen LogP contribution >= 0.6 is 12.2 Å². The largest absolute Gasteiger partial charge is 0.491 e. The van der Waals surface area contributed by atoms with E-state index in [0.29, 0.717) is 17.9 Å². The lowest BCUT2D eigenvalue weighted by Crippen LogP contribution is -2.54. The minimum absolute atomic E-state index is 0.0110. The number of pyridine rings is 1. The average Bonchev–Trinajstić information content (AvgIpc) is 3.43. The van der Waals surface area contributed by atoms with Crippen molar-refractivity contribution in [1.29, 1.82) is 0 Å². The zero-order chi connectivity index (χ0) is 38.6. The first kappa shape index (κ1) is 37.7. The van der Waals surface area contributed by atoms with Crippen LogP contribution in [0.5, 0.6) is 11.5 Å². The summed E-state index contributed by atoms with van der Waals surface area (Å²) in [6.07, 6.45) is 4.08. The molecule has 1 aliphatic carbocycles. The van der Waals surface area contributed by atoms with E-state index in [9.17, 15) is 28.4 Å². The lowest BCUT2D eigenvalue weighted by Gasteiger charge is -2.33. The van der Waals surface area contributed by atoms with Crippen LogP contribution in [0.4, 0.5) is 10.1 Å². The summed E-state index contributed by atoms with van der Waals surface area (Å²) in [5, 5.41) is 5.96. The van der Waals surface area contributed by atoms with Crippen molar-refractivity contribution in [2.45, 2.75) is 51.0 Å². The smallest absolute Gasteiger partial charge is 0.266 e. The molecule has 3 aromatic carbocycles. The molecule has 7 rings (SSSR count). The van der Waals surface area contributed by atoms with Gasteiger partial charge in [-0.3, -0.25) is 39.2 Å². The summed E-state index contributed by atoms with van der Waals surface area (Å²) in [5.41, 5.74) is 2.59. The fourth-order valence-corrected chi connectivity index (χ4v) is 7.94. The van der Waals surface area contributed by atoms with Crippen LogP contribution in [0.2, 0.25) is 0 Å². The van der Waals surface area contributed by atoms with Crippen LogP contribution in [0.1, 0.15) is 71.2 Å². The maximum atomic E-state index is 14.0. The Balaban J connectivity index is 0.821. The van der Waals surface area contributed by atoms with E-state index in [0.717, 1.165) is 39.1 Å². The van der Waals surface area contributed by atoms with Crippen LogP contribution in [0.3, 0.4) is 0 Å². The van der Waals surface area contributed by atoms with E-state index in [4.69, 9.17) is 26.4 Å². The number of carbonyl (C=O) groups excluding carboxylic acids is 5. The van der Waals surface area contributed by atoms with Crippen molar-refractivity contribution in [2.75, 3.05) is 31.7 Å². The third-order valence-electron chi connectivity index (χ3n) is 10.4. The summed E-state index contributed by atoms with van der Waals surface area (Å²) in [6, 6.07) is 17.2. The Labute approximate surface area is 321 Å². The van der Waals surface area contributed by atoms with Crippen LogP contribution in [0, 0.1) is 17.7 Å². The van der Waals surface area contributed by atoms with Gasteiger partial charge in [0.2, 0.25) is 17.7 Å². The number of fused-ring (bicyclic) bond motifs is 2. The molecule has 1 saturated heterocycles. The highest BCUT2D eigenvalue weighted by Gasteiger charge is 2.46. The number of thiocarbonyl (C=S) groups is 1. The van der Waals surface area contributed by atoms with Gasteiger partial charge in [-0.2, -0.15) is 0 Å². The maximum Gasteiger partial charge on any atom is 0.266 e.